The lowest BCUT2D eigenvalue weighted by Crippen LogP contribution is -2.32. The molecule has 0 saturated carbocycles. The van der Waals surface area contributed by atoms with Gasteiger partial charge in [-0.1, -0.05) is 42.8 Å². The van der Waals surface area contributed by atoms with E-state index in [4.69, 9.17) is 9.47 Å². The van der Waals surface area contributed by atoms with Crippen LogP contribution in [0.5, 0.6) is 5.75 Å². The van der Waals surface area contributed by atoms with E-state index in [2.05, 4.69) is 5.32 Å². The molecule has 0 aliphatic carbocycles. The molecule has 148 valence electrons. The fourth-order valence-corrected chi connectivity index (χ4v) is 2.59. The third-order valence-electron chi connectivity index (χ3n) is 4.16. The number of esters is 1. The van der Waals surface area contributed by atoms with E-state index in [9.17, 15) is 14.0 Å². The maximum atomic E-state index is 13.6. The zero-order valence-corrected chi connectivity index (χ0v) is 16.2. The molecule has 0 unspecified atom stereocenters. The summed E-state index contributed by atoms with van der Waals surface area (Å²) < 4.78 is 23.4. The van der Waals surface area contributed by atoms with Gasteiger partial charge >= 0.3 is 5.97 Å². The summed E-state index contributed by atoms with van der Waals surface area (Å²) in [6, 6.07) is 12.1. The van der Waals surface area contributed by atoms with E-state index >= 15 is 0 Å². The number of rotatable bonds is 8. The molecule has 2 aromatic carbocycles. The summed E-state index contributed by atoms with van der Waals surface area (Å²) in [7, 11) is 1.37. The number of amides is 1. The van der Waals surface area contributed by atoms with E-state index in [-0.39, 0.29) is 24.3 Å². The van der Waals surface area contributed by atoms with Crippen LogP contribution < -0.4 is 10.1 Å². The molecule has 0 saturated heterocycles. The summed E-state index contributed by atoms with van der Waals surface area (Å²) in [5.41, 5.74) is 2.61. The van der Waals surface area contributed by atoms with Gasteiger partial charge in [0.25, 0.3) is 5.91 Å². The lowest BCUT2D eigenvalue weighted by Gasteiger charge is -2.17. The molecule has 0 heterocycles. The van der Waals surface area contributed by atoms with Crippen LogP contribution in [0.4, 0.5) is 4.39 Å². The number of halogens is 1. The van der Waals surface area contributed by atoms with Crippen molar-refractivity contribution in [1.29, 1.82) is 0 Å². The van der Waals surface area contributed by atoms with Crippen molar-refractivity contribution in [2.24, 2.45) is 0 Å². The van der Waals surface area contributed by atoms with Gasteiger partial charge in [0.15, 0.2) is 18.2 Å². The number of nitrogens with one attached hydrogen (secondary N) is 1. The Balaban J connectivity index is 1.85. The van der Waals surface area contributed by atoms with Crippen LogP contribution in [0.25, 0.3) is 6.08 Å². The van der Waals surface area contributed by atoms with E-state index in [0.29, 0.717) is 12.0 Å². The third-order valence-corrected chi connectivity index (χ3v) is 4.16. The van der Waals surface area contributed by atoms with Crippen molar-refractivity contribution in [3.8, 4) is 5.75 Å². The first kappa shape index (κ1) is 21.2. The fourth-order valence-electron chi connectivity index (χ4n) is 2.59. The highest BCUT2D eigenvalue weighted by Gasteiger charge is 2.13. The SMILES string of the molecule is CC[C@H](NC(=O)COC(=O)/C=C/c1ccc(OC)c(F)c1)c1ccc(C)cc1. The number of carbonyl (C=O) groups is 2. The number of aryl methyl sites for hydroxylation is 1. The molecule has 0 aliphatic rings. The summed E-state index contributed by atoms with van der Waals surface area (Å²) in [6.45, 7) is 3.58. The van der Waals surface area contributed by atoms with E-state index in [0.717, 1.165) is 17.2 Å². The number of benzene rings is 2. The topological polar surface area (TPSA) is 64.6 Å². The minimum atomic E-state index is -0.685. The molecule has 2 rings (SSSR count). The molecule has 1 N–H and O–H groups in total. The van der Waals surface area contributed by atoms with Crippen molar-refractivity contribution >= 4 is 18.0 Å². The summed E-state index contributed by atoms with van der Waals surface area (Å²) >= 11 is 0. The number of methoxy groups -OCH3 is 1. The van der Waals surface area contributed by atoms with Gasteiger partial charge in [-0.25, -0.2) is 9.18 Å². The van der Waals surface area contributed by atoms with Gasteiger partial charge in [-0.15, -0.1) is 0 Å². The van der Waals surface area contributed by atoms with Gasteiger partial charge < -0.3 is 14.8 Å². The van der Waals surface area contributed by atoms with E-state index < -0.39 is 11.8 Å². The molecular weight excluding hydrogens is 361 g/mol. The van der Waals surface area contributed by atoms with Crippen molar-refractivity contribution in [3.05, 3.63) is 71.0 Å². The second kappa shape index (κ2) is 10.3. The first-order valence-corrected chi connectivity index (χ1v) is 8.97. The van der Waals surface area contributed by atoms with Crippen LogP contribution >= 0.6 is 0 Å². The van der Waals surface area contributed by atoms with Gasteiger partial charge in [0, 0.05) is 6.08 Å². The highest BCUT2D eigenvalue weighted by molar-refractivity contribution is 5.89. The molecule has 0 aromatic heterocycles. The van der Waals surface area contributed by atoms with Gasteiger partial charge in [-0.2, -0.15) is 0 Å². The lowest BCUT2D eigenvalue weighted by molar-refractivity contribution is -0.144. The maximum absolute atomic E-state index is 13.6. The van der Waals surface area contributed by atoms with E-state index in [1.807, 2.05) is 38.1 Å². The van der Waals surface area contributed by atoms with Crippen molar-refractivity contribution in [2.75, 3.05) is 13.7 Å². The van der Waals surface area contributed by atoms with E-state index in [1.54, 1.807) is 6.07 Å². The molecular formula is C22H24FNO4. The maximum Gasteiger partial charge on any atom is 0.331 e. The number of hydrogen-bond acceptors (Lipinski definition) is 4. The third kappa shape index (κ3) is 6.23. The van der Waals surface area contributed by atoms with Gasteiger partial charge in [0.2, 0.25) is 0 Å². The minimum Gasteiger partial charge on any atom is -0.494 e. The van der Waals surface area contributed by atoms with Gasteiger partial charge in [0.1, 0.15) is 0 Å². The number of ether oxygens (including phenoxy) is 2. The molecule has 6 heteroatoms. The van der Waals surface area contributed by atoms with Gasteiger partial charge in [-0.05, 0) is 42.7 Å². The van der Waals surface area contributed by atoms with Crippen molar-refractivity contribution in [1.82, 2.24) is 5.32 Å². The quantitative estimate of drug-likeness (QED) is 0.552. The molecule has 0 aliphatic heterocycles. The molecule has 0 fully saturated rings. The zero-order valence-electron chi connectivity index (χ0n) is 16.2. The molecule has 2 aromatic rings. The Morgan fingerprint density at radius 1 is 1.18 bits per heavy atom. The molecule has 0 spiro atoms. The van der Waals surface area contributed by atoms with E-state index in [1.165, 1.54) is 25.3 Å². The van der Waals surface area contributed by atoms with Crippen LogP contribution in [-0.2, 0) is 14.3 Å². The molecule has 0 radical (unpaired) electrons. The highest BCUT2D eigenvalue weighted by atomic mass is 19.1. The summed E-state index contributed by atoms with van der Waals surface area (Å²) in [4.78, 5) is 23.9. The zero-order chi connectivity index (χ0) is 20.5. The average Bonchev–Trinajstić information content (AvgIpc) is 2.69. The van der Waals surface area contributed by atoms with Crippen LogP contribution in [0, 0.1) is 12.7 Å². The second-order valence-corrected chi connectivity index (χ2v) is 6.27. The molecule has 28 heavy (non-hydrogen) atoms. The Morgan fingerprint density at radius 2 is 1.89 bits per heavy atom. The first-order valence-electron chi connectivity index (χ1n) is 8.97. The monoisotopic (exact) mass is 385 g/mol. The van der Waals surface area contributed by atoms with Crippen molar-refractivity contribution in [3.63, 3.8) is 0 Å². The summed E-state index contributed by atoms with van der Waals surface area (Å²) in [5, 5.41) is 2.85. The Kier molecular flexibility index (Phi) is 7.75. The predicted molar refractivity (Wildman–Crippen MR) is 105 cm³/mol. The van der Waals surface area contributed by atoms with Crippen LogP contribution in [0.15, 0.2) is 48.5 Å². The summed E-state index contributed by atoms with van der Waals surface area (Å²) in [5.74, 6) is -1.48. The fraction of sp³-hybridized carbons (Fsp3) is 0.273. The Hall–Kier alpha value is -3.15. The van der Waals surface area contributed by atoms with Crippen LogP contribution in [-0.4, -0.2) is 25.6 Å². The Morgan fingerprint density at radius 3 is 2.50 bits per heavy atom. The van der Waals surface area contributed by atoms with Gasteiger partial charge in [-0.3, -0.25) is 4.79 Å². The van der Waals surface area contributed by atoms with Crippen molar-refractivity contribution in [2.45, 2.75) is 26.3 Å². The largest absolute Gasteiger partial charge is 0.494 e. The second-order valence-electron chi connectivity index (χ2n) is 6.27. The normalized spacial score (nSPS) is 11.9. The Labute approximate surface area is 164 Å². The standard InChI is InChI=1S/C22H24FNO4/c1-4-19(17-9-5-15(2)6-10-17)24-21(25)14-28-22(26)12-8-16-7-11-20(27-3)18(23)13-16/h5-13,19H,4,14H2,1-3H3,(H,24,25)/b12-8+/t19-/m0/s1. The predicted octanol–water partition coefficient (Wildman–Crippen LogP) is 3.97. The Bertz CT molecular complexity index is 846. The van der Waals surface area contributed by atoms with Crippen LogP contribution in [0.1, 0.15) is 36.1 Å². The van der Waals surface area contributed by atoms with Gasteiger partial charge in [0.05, 0.1) is 13.2 Å². The molecule has 1 amide bonds. The number of hydrogen-bond donors (Lipinski definition) is 1. The van der Waals surface area contributed by atoms with Crippen molar-refractivity contribution < 1.29 is 23.5 Å². The molecule has 0 bridgehead atoms. The smallest absolute Gasteiger partial charge is 0.331 e. The highest BCUT2D eigenvalue weighted by Crippen LogP contribution is 2.19. The summed E-state index contributed by atoms with van der Waals surface area (Å²) in [6.07, 6.45) is 3.27. The average molecular weight is 385 g/mol. The van der Waals surface area contributed by atoms with Crippen LogP contribution in [0.2, 0.25) is 0 Å². The van der Waals surface area contributed by atoms with Crippen LogP contribution in [0.3, 0.4) is 0 Å². The minimum absolute atomic E-state index is 0.121. The molecule has 5 nitrogen and oxygen atoms in total. The number of carbonyl (C=O) groups excluding carboxylic acids is 2. The lowest BCUT2D eigenvalue weighted by atomic mass is 10.0. The first-order chi connectivity index (χ1) is 13.4. The molecule has 1 atom stereocenters.